The number of ether oxygens (including phenoxy) is 1. The standard InChI is InChI=1S/C12H21BO4/c1-6-15-10(14)8-7-9(8)13-16-11(2,3)12(4,5)17-13/h8-9H,6-7H2,1-5H3/t8-,9-/m0/s1. The second kappa shape index (κ2) is 3.99. The fourth-order valence-electron chi connectivity index (χ4n) is 2.10. The number of carbonyl (C=O) groups is 1. The van der Waals surface area contributed by atoms with E-state index in [0.29, 0.717) is 6.61 Å². The van der Waals surface area contributed by atoms with Gasteiger partial charge in [0.05, 0.1) is 23.7 Å². The molecule has 0 aromatic carbocycles. The molecule has 96 valence electrons. The predicted molar refractivity (Wildman–Crippen MR) is 64.6 cm³/mol. The molecule has 0 N–H and O–H groups in total. The molecule has 2 atom stereocenters. The fraction of sp³-hybridized carbons (Fsp3) is 0.917. The van der Waals surface area contributed by atoms with E-state index < -0.39 is 0 Å². The van der Waals surface area contributed by atoms with Crippen LogP contribution < -0.4 is 0 Å². The normalized spacial score (nSPS) is 33.6. The molecule has 2 rings (SSSR count). The third-order valence-electron chi connectivity index (χ3n) is 4.05. The van der Waals surface area contributed by atoms with Gasteiger partial charge < -0.3 is 14.0 Å². The Kier molecular flexibility index (Phi) is 3.03. The first kappa shape index (κ1) is 12.9. The summed E-state index contributed by atoms with van der Waals surface area (Å²) in [5.41, 5.74) is -0.640. The first-order valence-corrected chi connectivity index (χ1v) is 6.31. The number of carbonyl (C=O) groups excluding carboxylic acids is 1. The van der Waals surface area contributed by atoms with Crippen LogP contribution in [-0.2, 0) is 18.8 Å². The molecule has 0 aromatic rings. The Hall–Kier alpha value is -0.545. The first-order valence-electron chi connectivity index (χ1n) is 6.31. The SMILES string of the molecule is CCOC(=O)[C@H]1C[C@@H]1B1OC(C)(C)C(C)(C)O1. The molecule has 1 aliphatic heterocycles. The molecular formula is C12H21BO4. The highest BCUT2D eigenvalue weighted by Gasteiger charge is 2.61. The highest BCUT2D eigenvalue weighted by atomic mass is 16.7. The molecule has 0 bridgehead atoms. The van der Waals surface area contributed by atoms with Crippen LogP contribution in [0, 0.1) is 5.92 Å². The van der Waals surface area contributed by atoms with E-state index in [1.807, 2.05) is 34.6 Å². The Labute approximate surface area is 103 Å². The zero-order valence-corrected chi connectivity index (χ0v) is 11.3. The second-order valence-corrected chi connectivity index (χ2v) is 5.88. The van der Waals surface area contributed by atoms with Crippen LogP contribution >= 0.6 is 0 Å². The lowest BCUT2D eigenvalue weighted by molar-refractivity contribution is -0.144. The average Bonchev–Trinajstić information content (AvgIpc) is 2.91. The van der Waals surface area contributed by atoms with Crippen molar-refractivity contribution in [2.75, 3.05) is 6.61 Å². The topological polar surface area (TPSA) is 44.8 Å². The van der Waals surface area contributed by atoms with Crippen molar-refractivity contribution >= 4 is 13.1 Å². The molecule has 5 heteroatoms. The highest BCUT2D eigenvalue weighted by molar-refractivity contribution is 6.49. The Bertz CT molecular complexity index is 310. The third kappa shape index (κ3) is 2.23. The molecule has 1 saturated heterocycles. The Morgan fingerprint density at radius 3 is 2.29 bits per heavy atom. The van der Waals surface area contributed by atoms with Crippen molar-refractivity contribution < 1.29 is 18.8 Å². The summed E-state index contributed by atoms with van der Waals surface area (Å²) >= 11 is 0. The summed E-state index contributed by atoms with van der Waals surface area (Å²) < 4.78 is 16.8. The van der Waals surface area contributed by atoms with Gasteiger partial charge >= 0.3 is 13.1 Å². The maximum Gasteiger partial charge on any atom is 0.462 e. The van der Waals surface area contributed by atoms with E-state index in [4.69, 9.17) is 14.0 Å². The van der Waals surface area contributed by atoms with E-state index in [0.717, 1.165) is 6.42 Å². The van der Waals surface area contributed by atoms with Gasteiger partial charge in [0, 0.05) is 5.82 Å². The summed E-state index contributed by atoms with van der Waals surface area (Å²) in [6.07, 6.45) is 0.815. The Morgan fingerprint density at radius 1 is 1.29 bits per heavy atom. The minimum atomic E-state index is -0.320. The molecule has 2 aliphatic rings. The smallest absolute Gasteiger partial charge is 0.462 e. The molecule has 0 unspecified atom stereocenters. The van der Waals surface area contributed by atoms with E-state index in [-0.39, 0.29) is 36.0 Å². The molecule has 0 radical (unpaired) electrons. The molecule has 4 nitrogen and oxygen atoms in total. The fourth-order valence-corrected chi connectivity index (χ4v) is 2.10. The van der Waals surface area contributed by atoms with Gasteiger partial charge in [0.2, 0.25) is 0 Å². The van der Waals surface area contributed by atoms with Crippen molar-refractivity contribution in [3.8, 4) is 0 Å². The van der Waals surface area contributed by atoms with Crippen LogP contribution in [0.15, 0.2) is 0 Å². The number of rotatable bonds is 3. The van der Waals surface area contributed by atoms with Crippen LogP contribution in [0.3, 0.4) is 0 Å². The van der Waals surface area contributed by atoms with E-state index in [1.54, 1.807) is 0 Å². The van der Waals surface area contributed by atoms with Gasteiger partial charge in [0.25, 0.3) is 0 Å². The average molecular weight is 240 g/mol. The summed E-state index contributed by atoms with van der Waals surface area (Å²) in [5.74, 6) is 0.00645. The molecule has 0 spiro atoms. The van der Waals surface area contributed by atoms with Gasteiger partial charge in [-0.05, 0) is 41.0 Å². The lowest BCUT2D eigenvalue weighted by Gasteiger charge is -2.32. The molecule has 1 heterocycles. The maximum absolute atomic E-state index is 11.6. The Balaban J connectivity index is 1.94. The van der Waals surface area contributed by atoms with Gasteiger partial charge in [-0.25, -0.2) is 0 Å². The molecule has 17 heavy (non-hydrogen) atoms. The molecule has 1 saturated carbocycles. The first-order chi connectivity index (χ1) is 7.78. The highest BCUT2D eigenvalue weighted by Crippen LogP contribution is 2.53. The largest absolute Gasteiger partial charge is 0.466 e. The van der Waals surface area contributed by atoms with Gasteiger partial charge in [0.15, 0.2) is 0 Å². The number of hydrogen-bond donors (Lipinski definition) is 0. The van der Waals surface area contributed by atoms with E-state index in [2.05, 4.69) is 0 Å². The molecule has 0 amide bonds. The lowest BCUT2D eigenvalue weighted by Crippen LogP contribution is -2.41. The van der Waals surface area contributed by atoms with Gasteiger partial charge in [-0.3, -0.25) is 4.79 Å². The zero-order valence-electron chi connectivity index (χ0n) is 11.3. The van der Waals surface area contributed by atoms with Crippen LogP contribution in [0.4, 0.5) is 0 Å². The summed E-state index contributed by atoms with van der Waals surface area (Å²) in [7, 11) is -0.269. The van der Waals surface area contributed by atoms with Crippen molar-refractivity contribution in [2.45, 2.75) is 58.1 Å². The van der Waals surface area contributed by atoms with Crippen molar-refractivity contribution in [2.24, 2.45) is 5.92 Å². The minimum Gasteiger partial charge on any atom is -0.466 e. The van der Waals surface area contributed by atoms with Crippen LogP contribution in [-0.4, -0.2) is 30.9 Å². The predicted octanol–water partition coefficient (Wildman–Crippen LogP) is 2.03. The molecule has 2 fully saturated rings. The summed E-state index contributed by atoms with van der Waals surface area (Å²) in [4.78, 5) is 11.6. The number of hydrogen-bond acceptors (Lipinski definition) is 4. The van der Waals surface area contributed by atoms with Crippen LogP contribution in [0.2, 0.25) is 5.82 Å². The zero-order chi connectivity index (χ0) is 12.8. The molecule has 1 aliphatic carbocycles. The van der Waals surface area contributed by atoms with Gasteiger partial charge in [0.1, 0.15) is 0 Å². The van der Waals surface area contributed by atoms with E-state index >= 15 is 0 Å². The van der Waals surface area contributed by atoms with Crippen molar-refractivity contribution in [1.29, 1.82) is 0 Å². The summed E-state index contributed by atoms with van der Waals surface area (Å²) in [6, 6.07) is 0. The maximum atomic E-state index is 11.6. The minimum absolute atomic E-state index is 0.0374. The van der Waals surface area contributed by atoms with Crippen molar-refractivity contribution in [3.63, 3.8) is 0 Å². The number of esters is 1. The molecule has 0 aromatic heterocycles. The lowest BCUT2D eigenvalue weighted by atomic mass is 9.80. The van der Waals surface area contributed by atoms with Gasteiger partial charge in [-0.15, -0.1) is 0 Å². The second-order valence-electron chi connectivity index (χ2n) is 5.88. The van der Waals surface area contributed by atoms with Gasteiger partial charge in [-0.2, -0.15) is 0 Å². The monoisotopic (exact) mass is 240 g/mol. The van der Waals surface area contributed by atoms with Crippen molar-refractivity contribution in [1.82, 2.24) is 0 Å². The molecular weight excluding hydrogens is 219 g/mol. The van der Waals surface area contributed by atoms with Gasteiger partial charge in [-0.1, -0.05) is 0 Å². The van der Waals surface area contributed by atoms with E-state index in [1.165, 1.54) is 0 Å². The van der Waals surface area contributed by atoms with Crippen LogP contribution in [0.5, 0.6) is 0 Å². The summed E-state index contributed by atoms with van der Waals surface area (Å²) in [6.45, 7) is 10.3. The quantitative estimate of drug-likeness (QED) is 0.559. The summed E-state index contributed by atoms with van der Waals surface area (Å²) in [5, 5.41) is 0. The van der Waals surface area contributed by atoms with E-state index in [9.17, 15) is 4.79 Å². The van der Waals surface area contributed by atoms with Crippen LogP contribution in [0.25, 0.3) is 0 Å². The van der Waals surface area contributed by atoms with Crippen LogP contribution in [0.1, 0.15) is 41.0 Å². The third-order valence-corrected chi connectivity index (χ3v) is 4.05. The van der Waals surface area contributed by atoms with Crippen molar-refractivity contribution in [3.05, 3.63) is 0 Å². The Morgan fingerprint density at radius 2 is 1.82 bits per heavy atom.